The normalized spacial score (nSPS) is 19.5. The molecular formula is C17H24O3. The highest BCUT2D eigenvalue weighted by Crippen LogP contribution is 2.41. The fraction of sp³-hybridized carbons (Fsp3) is 0.588. The highest BCUT2D eigenvalue weighted by molar-refractivity contribution is 5.82. The summed E-state index contributed by atoms with van der Waals surface area (Å²) in [5, 5.41) is 9.83. The number of carboxylic acids is 1. The second kappa shape index (κ2) is 6.40. The molecule has 3 heteroatoms. The van der Waals surface area contributed by atoms with Crippen molar-refractivity contribution < 1.29 is 14.6 Å². The Bertz CT molecular complexity index is 461. The van der Waals surface area contributed by atoms with E-state index < -0.39 is 11.4 Å². The lowest BCUT2D eigenvalue weighted by atomic mass is 9.68. The molecule has 1 unspecified atom stereocenters. The van der Waals surface area contributed by atoms with Crippen molar-refractivity contribution in [1.29, 1.82) is 0 Å². The van der Waals surface area contributed by atoms with Gasteiger partial charge in [-0.1, -0.05) is 43.5 Å². The summed E-state index contributed by atoms with van der Waals surface area (Å²) < 4.78 is 5.34. The molecular weight excluding hydrogens is 252 g/mol. The lowest BCUT2D eigenvalue weighted by Gasteiger charge is -2.35. The molecule has 110 valence electrons. The maximum absolute atomic E-state index is 12.0. The summed E-state index contributed by atoms with van der Waals surface area (Å²) >= 11 is 0. The summed E-state index contributed by atoms with van der Waals surface area (Å²) in [6, 6.07) is 7.98. The monoisotopic (exact) mass is 276 g/mol. The quantitative estimate of drug-likeness (QED) is 0.894. The van der Waals surface area contributed by atoms with Crippen molar-refractivity contribution in [3.63, 3.8) is 0 Å². The molecule has 0 saturated heterocycles. The first kappa shape index (κ1) is 15.0. The molecule has 1 saturated carbocycles. The molecule has 0 aliphatic heterocycles. The molecule has 0 aromatic heterocycles. The van der Waals surface area contributed by atoms with Gasteiger partial charge in [-0.3, -0.25) is 4.79 Å². The average molecular weight is 276 g/mol. The van der Waals surface area contributed by atoms with Gasteiger partial charge in [0.15, 0.2) is 0 Å². The van der Waals surface area contributed by atoms with Crippen molar-refractivity contribution in [2.75, 3.05) is 7.11 Å². The lowest BCUT2D eigenvalue weighted by molar-refractivity contribution is -0.145. The predicted octanol–water partition coefficient (Wildman–Crippen LogP) is 3.55. The Morgan fingerprint density at radius 3 is 2.55 bits per heavy atom. The van der Waals surface area contributed by atoms with Gasteiger partial charge in [0.05, 0.1) is 11.5 Å². The smallest absolute Gasteiger partial charge is 0.314 e. The first-order valence-electron chi connectivity index (χ1n) is 7.45. The van der Waals surface area contributed by atoms with Crippen molar-refractivity contribution in [3.8, 4) is 0 Å². The number of hydrogen-bond acceptors (Lipinski definition) is 2. The average Bonchev–Trinajstić information content (AvgIpc) is 2.48. The van der Waals surface area contributed by atoms with Crippen LogP contribution >= 0.6 is 0 Å². The van der Waals surface area contributed by atoms with Gasteiger partial charge in [-0.25, -0.2) is 0 Å². The van der Waals surface area contributed by atoms with E-state index in [2.05, 4.69) is 0 Å². The highest BCUT2D eigenvalue weighted by atomic mass is 16.5. The Morgan fingerprint density at radius 2 is 1.95 bits per heavy atom. The molecule has 1 aliphatic carbocycles. The Morgan fingerprint density at radius 1 is 1.30 bits per heavy atom. The number of carboxylic acid groups (broad SMARTS) is 1. The van der Waals surface area contributed by atoms with E-state index >= 15 is 0 Å². The van der Waals surface area contributed by atoms with E-state index in [-0.39, 0.29) is 6.10 Å². The van der Waals surface area contributed by atoms with Crippen LogP contribution in [0.2, 0.25) is 0 Å². The summed E-state index contributed by atoms with van der Waals surface area (Å²) in [6.45, 7) is 2.02. The van der Waals surface area contributed by atoms with Crippen molar-refractivity contribution >= 4 is 5.97 Å². The Kier molecular flexibility index (Phi) is 4.81. The van der Waals surface area contributed by atoms with Gasteiger partial charge in [0, 0.05) is 7.11 Å². The lowest BCUT2D eigenvalue weighted by Crippen LogP contribution is -2.39. The van der Waals surface area contributed by atoms with Crippen LogP contribution in [0.4, 0.5) is 0 Å². The molecule has 0 bridgehead atoms. The molecule has 0 spiro atoms. The molecule has 20 heavy (non-hydrogen) atoms. The Labute approximate surface area is 121 Å². The molecule has 0 radical (unpaired) electrons. The van der Waals surface area contributed by atoms with Crippen molar-refractivity contribution in [3.05, 3.63) is 35.4 Å². The molecule has 1 atom stereocenters. The summed E-state index contributed by atoms with van der Waals surface area (Å²) in [5.41, 5.74) is 1.42. The maximum Gasteiger partial charge on any atom is 0.314 e. The maximum atomic E-state index is 12.0. The zero-order valence-electron chi connectivity index (χ0n) is 12.4. The number of ether oxygens (including phenoxy) is 1. The van der Waals surface area contributed by atoms with Gasteiger partial charge in [0.25, 0.3) is 0 Å². The van der Waals surface area contributed by atoms with E-state index in [1.807, 2.05) is 31.2 Å². The second-order valence-electron chi connectivity index (χ2n) is 5.86. The highest BCUT2D eigenvalue weighted by Gasteiger charge is 2.42. The SMILES string of the molecule is COC(C)Cc1ccccc1C1(C(=O)O)CCCCC1. The van der Waals surface area contributed by atoms with Crippen LogP contribution in [0.1, 0.15) is 50.2 Å². The summed E-state index contributed by atoms with van der Waals surface area (Å²) in [5.74, 6) is -0.672. The zero-order chi connectivity index (χ0) is 14.6. The van der Waals surface area contributed by atoms with E-state index in [9.17, 15) is 9.90 Å². The van der Waals surface area contributed by atoms with E-state index in [4.69, 9.17) is 4.74 Å². The number of hydrogen-bond donors (Lipinski definition) is 1. The molecule has 3 nitrogen and oxygen atoms in total. The van der Waals surface area contributed by atoms with Gasteiger partial charge in [-0.05, 0) is 37.3 Å². The molecule has 1 aliphatic rings. The number of carbonyl (C=O) groups is 1. The molecule has 0 heterocycles. The number of rotatable bonds is 5. The molecule has 1 aromatic rings. The zero-order valence-corrected chi connectivity index (χ0v) is 12.4. The van der Waals surface area contributed by atoms with Gasteiger partial charge < -0.3 is 9.84 Å². The van der Waals surface area contributed by atoms with Crippen LogP contribution in [0.3, 0.4) is 0 Å². The van der Waals surface area contributed by atoms with E-state index in [1.54, 1.807) is 7.11 Å². The first-order chi connectivity index (χ1) is 9.60. The molecule has 1 fully saturated rings. The summed E-state index contributed by atoms with van der Waals surface area (Å²) in [7, 11) is 1.70. The third-order valence-corrected chi connectivity index (χ3v) is 4.56. The molecule has 1 aromatic carbocycles. The van der Waals surface area contributed by atoms with Crippen LogP contribution in [-0.4, -0.2) is 24.3 Å². The van der Waals surface area contributed by atoms with Crippen LogP contribution in [0.5, 0.6) is 0 Å². The van der Waals surface area contributed by atoms with Gasteiger partial charge in [-0.15, -0.1) is 0 Å². The minimum absolute atomic E-state index is 0.102. The topological polar surface area (TPSA) is 46.5 Å². The first-order valence-corrected chi connectivity index (χ1v) is 7.45. The van der Waals surface area contributed by atoms with Gasteiger partial charge >= 0.3 is 5.97 Å². The Hall–Kier alpha value is -1.35. The fourth-order valence-corrected chi connectivity index (χ4v) is 3.31. The van der Waals surface area contributed by atoms with Crippen LogP contribution in [0.25, 0.3) is 0 Å². The minimum Gasteiger partial charge on any atom is -0.481 e. The van der Waals surface area contributed by atoms with Crippen LogP contribution in [0.15, 0.2) is 24.3 Å². The van der Waals surface area contributed by atoms with Crippen LogP contribution < -0.4 is 0 Å². The van der Waals surface area contributed by atoms with Crippen molar-refractivity contribution in [1.82, 2.24) is 0 Å². The van der Waals surface area contributed by atoms with E-state index in [1.165, 1.54) is 0 Å². The van der Waals surface area contributed by atoms with Gasteiger partial charge in [0.1, 0.15) is 0 Å². The standard InChI is InChI=1S/C17H24O3/c1-13(20-2)12-14-8-4-5-9-15(14)17(16(18)19)10-6-3-7-11-17/h4-5,8-9,13H,3,6-7,10-12H2,1-2H3,(H,18,19). The van der Waals surface area contributed by atoms with E-state index in [0.717, 1.165) is 49.7 Å². The Balaban J connectivity index is 2.40. The number of methoxy groups -OCH3 is 1. The van der Waals surface area contributed by atoms with Gasteiger partial charge in [-0.2, -0.15) is 0 Å². The number of benzene rings is 1. The summed E-state index contributed by atoms with van der Waals surface area (Å²) in [6.07, 6.45) is 5.51. The molecule has 1 N–H and O–H groups in total. The largest absolute Gasteiger partial charge is 0.481 e. The fourth-order valence-electron chi connectivity index (χ4n) is 3.31. The second-order valence-corrected chi connectivity index (χ2v) is 5.86. The number of aliphatic carboxylic acids is 1. The summed E-state index contributed by atoms with van der Waals surface area (Å²) in [4.78, 5) is 12.0. The van der Waals surface area contributed by atoms with Gasteiger partial charge in [0.2, 0.25) is 0 Å². The third-order valence-electron chi connectivity index (χ3n) is 4.56. The van der Waals surface area contributed by atoms with E-state index in [0.29, 0.717) is 0 Å². The minimum atomic E-state index is -0.692. The predicted molar refractivity (Wildman–Crippen MR) is 79.0 cm³/mol. The van der Waals surface area contributed by atoms with Crippen LogP contribution in [-0.2, 0) is 21.4 Å². The van der Waals surface area contributed by atoms with Crippen molar-refractivity contribution in [2.24, 2.45) is 0 Å². The molecule has 2 rings (SSSR count). The van der Waals surface area contributed by atoms with Crippen molar-refractivity contribution in [2.45, 2.75) is 57.0 Å². The molecule has 0 amide bonds. The third kappa shape index (κ3) is 2.88. The van der Waals surface area contributed by atoms with Crippen LogP contribution in [0, 0.1) is 0 Å².